The Hall–Kier alpha value is -3.01. The molecule has 210 valence electrons. The molecule has 3 rings (SSSR count). The molecule has 0 aliphatic carbocycles. The van der Waals surface area contributed by atoms with Crippen LogP contribution in [-0.4, -0.2) is 83.5 Å². The topological polar surface area (TPSA) is 108 Å². The molecule has 0 bridgehead atoms. The molecule has 10 nitrogen and oxygen atoms in total. The largest absolute Gasteiger partial charge is 0.476 e. The molecule has 4 amide bonds. The van der Waals surface area contributed by atoms with Crippen LogP contribution < -0.4 is 15.0 Å². The van der Waals surface area contributed by atoms with Gasteiger partial charge in [0.2, 0.25) is 5.91 Å². The fraction of sp³-hybridized carbons (Fsp3) is 0.630. The van der Waals surface area contributed by atoms with Crippen molar-refractivity contribution in [2.75, 3.05) is 37.1 Å². The average molecular weight is 551 g/mol. The molecule has 1 fully saturated rings. The van der Waals surface area contributed by atoms with Gasteiger partial charge in [-0.3, -0.25) is 14.4 Å². The third-order valence-electron chi connectivity index (χ3n) is 6.95. The number of benzene rings is 1. The van der Waals surface area contributed by atoms with Crippen molar-refractivity contribution >= 4 is 41.1 Å². The molecule has 0 spiro atoms. The molecule has 0 aromatic heterocycles. The highest BCUT2D eigenvalue weighted by atomic mass is 35.5. The molecule has 2 aliphatic heterocycles. The van der Waals surface area contributed by atoms with Crippen molar-refractivity contribution in [3.63, 3.8) is 0 Å². The van der Waals surface area contributed by atoms with Crippen molar-refractivity contribution in [2.24, 2.45) is 0 Å². The average Bonchev–Trinajstić information content (AvgIpc) is 2.86. The van der Waals surface area contributed by atoms with Gasteiger partial charge in [0.25, 0.3) is 11.8 Å². The number of carbonyl (C=O) groups excluding carboxylic acids is 4. The second-order valence-electron chi connectivity index (χ2n) is 10.5. The molecule has 1 N–H and O–H groups in total. The summed E-state index contributed by atoms with van der Waals surface area (Å²) < 4.78 is 11.0. The lowest BCUT2D eigenvalue weighted by atomic mass is 9.97. The molecule has 38 heavy (non-hydrogen) atoms. The van der Waals surface area contributed by atoms with Crippen molar-refractivity contribution in [3.8, 4) is 5.75 Å². The minimum Gasteiger partial charge on any atom is -0.476 e. The molecule has 0 unspecified atom stereocenters. The SMILES string of the molecule is CCC(=O)NCCN1C(=O)C(C)(C)Oc2cc(C)c(C(=O)N(C(C)C)[C@@H]3CCCN(C(=O)OCCl)C3)cc21. The van der Waals surface area contributed by atoms with Gasteiger partial charge >= 0.3 is 6.09 Å². The zero-order chi connectivity index (χ0) is 28.2. The van der Waals surface area contributed by atoms with E-state index in [0.717, 1.165) is 18.4 Å². The summed E-state index contributed by atoms with van der Waals surface area (Å²) in [5.41, 5.74) is 0.579. The number of piperidine rings is 1. The maximum Gasteiger partial charge on any atom is 0.411 e. The van der Waals surface area contributed by atoms with E-state index in [-0.39, 0.29) is 49.0 Å². The highest BCUT2D eigenvalue weighted by Crippen LogP contribution is 2.40. The summed E-state index contributed by atoms with van der Waals surface area (Å²) in [5, 5.41) is 2.81. The molecular formula is C27H39ClN4O6. The molecular weight excluding hydrogens is 512 g/mol. The van der Waals surface area contributed by atoms with E-state index in [0.29, 0.717) is 36.5 Å². The smallest absolute Gasteiger partial charge is 0.411 e. The third-order valence-corrected chi connectivity index (χ3v) is 7.06. The number of anilines is 1. The van der Waals surface area contributed by atoms with Crippen LogP contribution in [0.1, 0.15) is 69.8 Å². The minimum absolute atomic E-state index is 0.103. The summed E-state index contributed by atoms with van der Waals surface area (Å²) in [6.07, 6.45) is 1.34. The summed E-state index contributed by atoms with van der Waals surface area (Å²) in [5.74, 6) is -0.0305. The zero-order valence-corrected chi connectivity index (χ0v) is 23.9. The number of amides is 4. The Bertz CT molecular complexity index is 1080. The van der Waals surface area contributed by atoms with Crippen LogP contribution in [-0.2, 0) is 14.3 Å². The van der Waals surface area contributed by atoms with Crippen LogP contribution in [0.25, 0.3) is 0 Å². The number of hydrogen-bond donors (Lipinski definition) is 1. The van der Waals surface area contributed by atoms with E-state index in [4.69, 9.17) is 21.1 Å². The number of aryl methyl sites for hydroxylation is 1. The fourth-order valence-electron chi connectivity index (χ4n) is 5.05. The van der Waals surface area contributed by atoms with E-state index in [9.17, 15) is 19.2 Å². The first-order valence-corrected chi connectivity index (χ1v) is 13.7. The van der Waals surface area contributed by atoms with Crippen molar-refractivity contribution in [1.29, 1.82) is 0 Å². The number of nitrogens with zero attached hydrogens (tertiary/aromatic N) is 3. The van der Waals surface area contributed by atoms with E-state index in [1.165, 1.54) is 0 Å². The van der Waals surface area contributed by atoms with Crippen molar-refractivity contribution in [3.05, 3.63) is 23.3 Å². The van der Waals surface area contributed by atoms with Crippen LogP contribution in [0.5, 0.6) is 5.75 Å². The number of ether oxygens (including phenoxy) is 2. The number of fused-ring (bicyclic) bond motifs is 1. The summed E-state index contributed by atoms with van der Waals surface area (Å²) in [6, 6.07) is 2.94. The van der Waals surface area contributed by atoms with Crippen LogP contribution in [0.4, 0.5) is 10.5 Å². The Morgan fingerprint density at radius 2 is 2.00 bits per heavy atom. The van der Waals surface area contributed by atoms with Crippen LogP contribution in [0.3, 0.4) is 0 Å². The molecule has 1 aromatic carbocycles. The quantitative estimate of drug-likeness (QED) is 0.495. The van der Waals surface area contributed by atoms with Gasteiger partial charge < -0.3 is 29.5 Å². The van der Waals surface area contributed by atoms with Gasteiger partial charge in [-0.15, -0.1) is 0 Å². The number of carbonyl (C=O) groups is 4. The molecule has 1 saturated heterocycles. The number of halogens is 1. The van der Waals surface area contributed by atoms with Crippen molar-refractivity contribution in [1.82, 2.24) is 15.1 Å². The maximum absolute atomic E-state index is 14.0. The summed E-state index contributed by atoms with van der Waals surface area (Å²) in [6.45, 7) is 12.3. The van der Waals surface area contributed by atoms with E-state index in [1.54, 1.807) is 47.6 Å². The van der Waals surface area contributed by atoms with Gasteiger partial charge in [-0.25, -0.2) is 4.79 Å². The lowest BCUT2D eigenvalue weighted by Gasteiger charge is -2.42. The van der Waals surface area contributed by atoms with Crippen LogP contribution in [0.15, 0.2) is 12.1 Å². The van der Waals surface area contributed by atoms with Crippen molar-refractivity contribution < 1.29 is 28.7 Å². The molecule has 2 heterocycles. The Kier molecular flexibility index (Phi) is 9.51. The van der Waals surface area contributed by atoms with Gasteiger partial charge in [0, 0.05) is 44.2 Å². The first-order chi connectivity index (χ1) is 17.9. The third kappa shape index (κ3) is 6.34. The molecule has 11 heteroatoms. The molecule has 1 atom stereocenters. The van der Waals surface area contributed by atoms with E-state index in [2.05, 4.69) is 5.32 Å². The highest BCUT2D eigenvalue weighted by molar-refractivity contribution is 6.17. The molecule has 0 saturated carbocycles. The maximum atomic E-state index is 14.0. The number of hydrogen-bond acceptors (Lipinski definition) is 6. The second kappa shape index (κ2) is 12.2. The van der Waals surface area contributed by atoms with E-state index >= 15 is 0 Å². The number of rotatable bonds is 8. The minimum atomic E-state index is -1.09. The summed E-state index contributed by atoms with van der Waals surface area (Å²) >= 11 is 5.57. The standard InChI is InChI=1S/C27H39ClN4O6/c1-7-23(33)29-10-12-31-21-14-20(18(4)13-22(21)38-27(5,6)25(31)35)24(34)32(17(2)3)19-9-8-11-30(15-19)26(36)37-16-28/h13-14,17,19H,7-12,15-16H2,1-6H3,(H,29,33)/t19-/m1/s1. The highest BCUT2D eigenvalue weighted by Gasteiger charge is 2.42. The predicted octanol–water partition coefficient (Wildman–Crippen LogP) is 3.67. The fourth-order valence-corrected chi connectivity index (χ4v) is 5.14. The zero-order valence-electron chi connectivity index (χ0n) is 23.1. The monoisotopic (exact) mass is 550 g/mol. The number of alkyl halides is 1. The molecule has 0 radical (unpaired) electrons. The van der Waals surface area contributed by atoms with Gasteiger partial charge in [-0.05, 0) is 65.2 Å². The Labute approximate surface area is 229 Å². The first kappa shape index (κ1) is 29.5. The predicted molar refractivity (Wildman–Crippen MR) is 145 cm³/mol. The lowest BCUT2D eigenvalue weighted by Crippen LogP contribution is -2.55. The van der Waals surface area contributed by atoms with Gasteiger partial charge in [0.15, 0.2) is 11.7 Å². The molecule has 2 aliphatic rings. The van der Waals surface area contributed by atoms with Crippen LogP contribution in [0.2, 0.25) is 0 Å². The van der Waals surface area contributed by atoms with Crippen LogP contribution in [0, 0.1) is 6.92 Å². The second-order valence-corrected chi connectivity index (χ2v) is 10.7. The van der Waals surface area contributed by atoms with Crippen molar-refractivity contribution in [2.45, 2.75) is 78.5 Å². The number of nitrogens with one attached hydrogen (secondary N) is 1. The summed E-state index contributed by atoms with van der Waals surface area (Å²) in [4.78, 5) is 56.3. The Morgan fingerprint density at radius 1 is 1.29 bits per heavy atom. The molecule has 1 aromatic rings. The van der Waals surface area contributed by atoms with E-state index < -0.39 is 11.7 Å². The van der Waals surface area contributed by atoms with Gasteiger partial charge in [0.05, 0.1) is 11.7 Å². The van der Waals surface area contributed by atoms with Crippen LogP contribution >= 0.6 is 11.6 Å². The first-order valence-electron chi connectivity index (χ1n) is 13.1. The lowest BCUT2D eigenvalue weighted by molar-refractivity contribution is -0.132. The Morgan fingerprint density at radius 3 is 2.63 bits per heavy atom. The van der Waals surface area contributed by atoms with Gasteiger partial charge in [0.1, 0.15) is 5.75 Å². The van der Waals surface area contributed by atoms with Gasteiger partial charge in [-0.1, -0.05) is 18.5 Å². The Balaban J connectivity index is 1.94. The summed E-state index contributed by atoms with van der Waals surface area (Å²) in [7, 11) is 0. The van der Waals surface area contributed by atoms with E-state index in [1.807, 2.05) is 20.8 Å². The number of likely N-dealkylation sites (tertiary alicyclic amines) is 1. The normalized spacial score (nSPS) is 18.5. The van der Waals surface area contributed by atoms with Gasteiger partial charge in [-0.2, -0.15) is 0 Å².